The maximum Gasteiger partial charge on any atom is 0.420 e. The zero-order valence-corrected chi connectivity index (χ0v) is 12.9. The second-order valence-corrected chi connectivity index (χ2v) is 6.31. The predicted molar refractivity (Wildman–Crippen MR) is 74.0 cm³/mol. The van der Waals surface area contributed by atoms with Crippen molar-refractivity contribution in [1.29, 1.82) is 0 Å². The Labute approximate surface area is 115 Å². The zero-order chi connectivity index (χ0) is 15.4. The molecule has 0 saturated carbocycles. The van der Waals surface area contributed by atoms with Crippen LogP contribution in [0, 0.1) is 0 Å². The fraction of sp³-hybridized carbons (Fsp3) is 0.714. The van der Waals surface area contributed by atoms with Gasteiger partial charge >= 0.3 is 12.2 Å². The van der Waals surface area contributed by atoms with Crippen LogP contribution in [0.2, 0.25) is 0 Å². The van der Waals surface area contributed by atoms with Crippen LogP contribution in [0.25, 0.3) is 0 Å². The third-order valence-electron chi connectivity index (χ3n) is 1.93. The maximum atomic E-state index is 12.0. The first kappa shape index (κ1) is 17.5. The summed E-state index contributed by atoms with van der Waals surface area (Å²) in [5.41, 5.74) is -1.36. The minimum atomic E-state index is -0.742. The summed E-state index contributed by atoms with van der Waals surface area (Å²) in [4.78, 5) is 25.0. The van der Waals surface area contributed by atoms with Crippen LogP contribution in [0.4, 0.5) is 9.59 Å². The highest BCUT2D eigenvalue weighted by Crippen LogP contribution is 2.16. The summed E-state index contributed by atoms with van der Waals surface area (Å²) in [6.45, 7) is 15.6. The molecule has 0 aromatic carbocycles. The van der Waals surface area contributed by atoms with Crippen molar-refractivity contribution in [1.82, 2.24) is 4.90 Å². The van der Waals surface area contributed by atoms with Crippen LogP contribution in [0.3, 0.4) is 0 Å². The van der Waals surface area contributed by atoms with Crippen molar-refractivity contribution in [2.24, 2.45) is 0 Å². The Hall–Kier alpha value is -1.52. The average Bonchev–Trinajstić information content (AvgIpc) is 2.11. The molecule has 0 spiro atoms. The normalized spacial score (nSPS) is 13.4. The average molecular weight is 271 g/mol. The molecule has 0 rings (SSSR count). The molecule has 0 saturated heterocycles. The molecule has 0 fully saturated rings. The van der Waals surface area contributed by atoms with Crippen LogP contribution in [0.1, 0.15) is 48.5 Å². The smallest absolute Gasteiger partial charge is 0.420 e. The second kappa shape index (κ2) is 6.08. The van der Waals surface area contributed by atoms with Crippen molar-refractivity contribution in [3.63, 3.8) is 0 Å². The van der Waals surface area contributed by atoms with Gasteiger partial charge in [0.2, 0.25) is 0 Å². The van der Waals surface area contributed by atoms with Crippen LogP contribution in [0.5, 0.6) is 0 Å². The van der Waals surface area contributed by atoms with E-state index in [0.29, 0.717) is 0 Å². The van der Waals surface area contributed by atoms with Gasteiger partial charge in [0.1, 0.15) is 11.2 Å². The summed E-state index contributed by atoms with van der Waals surface area (Å²) in [6, 6.07) is -0.510. The molecule has 2 amide bonds. The van der Waals surface area contributed by atoms with E-state index in [4.69, 9.17) is 9.47 Å². The Morgan fingerprint density at radius 2 is 1.32 bits per heavy atom. The Balaban J connectivity index is 5.07. The molecule has 1 unspecified atom stereocenters. The Kier molecular flexibility index (Phi) is 5.60. The summed E-state index contributed by atoms with van der Waals surface area (Å²) < 4.78 is 10.4. The zero-order valence-electron chi connectivity index (χ0n) is 12.9. The molecule has 0 aromatic heterocycles. The molecule has 0 aliphatic carbocycles. The highest BCUT2D eigenvalue weighted by Gasteiger charge is 2.33. The van der Waals surface area contributed by atoms with E-state index in [-0.39, 0.29) is 0 Å². The first-order valence-corrected chi connectivity index (χ1v) is 6.25. The lowest BCUT2D eigenvalue weighted by atomic mass is 10.2. The van der Waals surface area contributed by atoms with Crippen molar-refractivity contribution in [2.75, 3.05) is 0 Å². The number of amides is 2. The molecule has 0 heterocycles. The van der Waals surface area contributed by atoms with Gasteiger partial charge in [0.25, 0.3) is 0 Å². The molecule has 0 bridgehead atoms. The molecule has 1 atom stereocenters. The standard InChI is InChI=1S/C14H25NO4/c1-9-10(2)15(11(16)18-13(3,4)5)12(17)19-14(6,7)8/h9-10H,1H2,2-8H3. The predicted octanol–water partition coefficient (Wildman–Crippen LogP) is 3.73. The van der Waals surface area contributed by atoms with Gasteiger partial charge in [0, 0.05) is 0 Å². The van der Waals surface area contributed by atoms with Crippen LogP contribution >= 0.6 is 0 Å². The van der Waals surface area contributed by atoms with Crippen molar-refractivity contribution in [3.8, 4) is 0 Å². The van der Waals surface area contributed by atoms with Crippen molar-refractivity contribution >= 4 is 12.2 Å². The Bertz CT molecular complexity index is 321. The molecular formula is C14H25NO4. The van der Waals surface area contributed by atoms with Gasteiger partial charge in [-0.05, 0) is 48.5 Å². The number of ether oxygens (including phenoxy) is 2. The second-order valence-electron chi connectivity index (χ2n) is 6.31. The monoisotopic (exact) mass is 271 g/mol. The van der Waals surface area contributed by atoms with Crippen LogP contribution in [-0.2, 0) is 9.47 Å². The van der Waals surface area contributed by atoms with Gasteiger partial charge in [-0.15, -0.1) is 6.58 Å². The number of carbonyl (C=O) groups is 2. The lowest BCUT2D eigenvalue weighted by molar-refractivity contribution is -0.00230. The topological polar surface area (TPSA) is 55.8 Å². The summed E-state index contributed by atoms with van der Waals surface area (Å²) in [5, 5.41) is 0. The van der Waals surface area contributed by atoms with E-state index in [9.17, 15) is 9.59 Å². The van der Waals surface area contributed by atoms with E-state index in [1.807, 2.05) is 0 Å². The molecule has 0 radical (unpaired) electrons. The van der Waals surface area contributed by atoms with Gasteiger partial charge < -0.3 is 9.47 Å². The number of carbonyl (C=O) groups excluding carboxylic acids is 2. The third-order valence-corrected chi connectivity index (χ3v) is 1.93. The highest BCUT2D eigenvalue weighted by atomic mass is 16.6. The first-order valence-electron chi connectivity index (χ1n) is 6.25. The third kappa shape index (κ3) is 6.84. The van der Waals surface area contributed by atoms with E-state index in [1.54, 1.807) is 48.5 Å². The van der Waals surface area contributed by atoms with Crippen molar-refractivity contribution in [2.45, 2.75) is 65.7 Å². The number of hydrogen-bond donors (Lipinski definition) is 0. The van der Waals surface area contributed by atoms with E-state index in [2.05, 4.69) is 6.58 Å². The largest absolute Gasteiger partial charge is 0.443 e. The molecule has 19 heavy (non-hydrogen) atoms. The Morgan fingerprint density at radius 1 is 1.00 bits per heavy atom. The summed E-state index contributed by atoms with van der Waals surface area (Å²) >= 11 is 0. The van der Waals surface area contributed by atoms with Gasteiger partial charge in [-0.2, -0.15) is 0 Å². The minimum Gasteiger partial charge on any atom is -0.443 e. The summed E-state index contributed by atoms with van der Waals surface area (Å²) in [7, 11) is 0. The fourth-order valence-electron chi connectivity index (χ4n) is 1.13. The van der Waals surface area contributed by atoms with Crippen molar-refractivity contribution < 1.29 is 19.1 Å². The summed E-state index contributed by atoms with van der Waals surface area (Å²) in [5.74, 6) is 0. The van der Waals surface area contributed by atoms with E-state index in [0.717, 1.165) is 4.90 Å². The van der Waals surface area contributed by atoms with E-state index in [1.165, 1.54) is 6.08 Å². The Morgan fingerprint density at radius 3 is 1.53 bits per heavy atom. The highest BCUT2D eigenvalue weighted by molar-refractivity contribution is 5.88. The van der Waals surface area contributed by atoms with Crippen LogP contribution in [0.15, 0.2) is 12.7 Å². The number of rotatable bonds is 2. The van der Waals surface area contributed by atoms with Gasteiger partial charge in [0.15, 0.2) is 0 Å². The van der Waals surface area contributed by atoms with E-state index < -0.39 is 29.4 Å². The molecule has 5 nitrogen and oxygen atoms in total. The molecule has 0 N–H and O–H groups in total. The molecular weight excluding hydrogens is 246 g/mol. The number of hydrogen-bond acceptors (Lipinski definition) is 4. The molecule has 0 aromatic rings. The minimum absolute atomic E-state index is 0.510. The number of nitrogens with zero attached hydrogens (tertiary/aromatic N) is 1. The van der Waals surface area contributed by atoms with Gasteiger partial charge in [-0.25, -0.2) is 14.5 Å². The molecule has 110 valence electrons. The molecule has 0 aliphatic rings. The van der Waals surface area contributed by atoms with Gasteiger partial charge in [-0.1, -0.05) is 6.08 Å². The van der Waals surface area contributed by atoms with Crippen molar-refractivity contribution in [3.05, 3.63) is 12.7 Å². The SMILES string of the molecule is C=CC(C)N(C(=O)OC(C)(C)C)C(=O)OC(C)(C)C. The molecule has 0 aliphatic heterocycles. The lowest BCUT2D eigenvalue weighted by Gasteiger charge is -2.30. The van der Waals surface area contributed by atoms with E-state index >= 15 is 0 Å². The molecule has 5 heteroatoms. The first-order chi connectivity index (χ1) is 8.37. The quantitative estimate of drug-likeness (QED) is 0.718. The fourth-order valence-corrected chi connectivity index (χ4v) is 1.13. The number of imide groups is 1. The van der Waals surface area contributed by atoms with Crippen LogP contribution < -0.4 is 0 Å². The lowest BCUT2D eigenvalue weighted by Crippen LogP contribution is -2.47. The summed E-state index contributed by atoms with van der Waals surface area (Å²) in [6.07, 6.45) is -0.00306. The van der Waals surface area contributed by atoms with Gasteiger partial charge in [-0.3, -0.25) is 0 Å². The van der Waals surface area contributed by atoms with Gasteiger partial charge in [0.05, 0.1) is 6.04 Å². The van der Waals surface area contributed by atoms with Crippen LogP contribution in [-0.4, -0.2) is 34.3 Å². The maximum absolute atomic E-state index is 12.0.